The number of hydrogen-bond acceptors (Lipinski definition) is 2. The summed E-state index contributed by atoms with van der Waals surface area (Å²) in [6.45, 7) is 0.890. The van der Waals surface area contributed by atoms with Crippen LogP contribution >= 0.6 is 0 Å². The Balaban J connectivity index is 2.04. The molecule has 16 heavy (non-hydrogen) atoms. The van der Waals surface area contributed by atoms with Crippen molar-refractivity contribution >= 4 is 0 Å². The Bertz CT molecular complexity index is 348. The summed E-state index contributed by atoms with van der Waals surface area (Å²) in [7, 11) is 4.06. The minimum atomic E-state index is -0.157. The van der Waals surface area contributed by atoms with E-state index in [9.17, 15) is 4.39 Å². The molecule has 2 rings (SSSR count). The summed E-state index contributed by atoms with van der Waals surface area (Å²) in [5.74, 6) is -0.157. The Kier molecular flexibility index (Phi) is 3.56. The average Bonchev–Trinajstić information content (AvgIpc) is 3.01. The van der Waals surface area contributed by atoms with E-state index in [1.807, 2.05) is 20.2 Å². The van der Waals surface area contributed by atoms with E-state index in [0.717, 1.165) is 12.1 Å². The maximum Gasteiger partial charge on any atom is 0.123 e. The summed E-state index contributed by atoms with van der Waals surface area (Å²) >= 11 is 0. The lowest BCUT2D eigenvalue weighted by Gasteiger charge is -2.25. The third-order valence-corrected chi connectivity index (χ3v) is 3.03. The molecule has 0 heterocycles. The molecule has 1 N–H and O–H groups in total. The monoisotopic (exact) mass is 222 g/mol. The van der Waals surface area contributed by atoms with Crippen LogP contribution in [0.2, 0.25) is 0 Å². The molecule has 1 fully saturated rings. The first-order valence-electron chi connectivity index (χ1n) is 5.82. The number of likely N-dealkylation sites (N-methyl/N-ethyl adjacent to an activating group) is 1. The zero-order valence-electron chi connectivity index (χ0n) is 9.91. The van der Waals surface area contributed by atoms with Gasteiger partial charge in [0.05, 0.1) is 0 Å². The van der Waals surface area contributed by atoms with Gasteiger partial charge in [-0.3, -0.25) is 0 Å². The molecule has 1 atom stereocenters. The Morgan fingerprint density at radius 1 is 1.44 bits per heavy atom. The summed E-state index contributed by atoms with van der Waals surface area (Å²) in [5.41, 5.74) is 1.04. The Hall–Kier alpha value is -0.930. The largest absolute Gasteiger partial charge is 0.312 e. The number of nitrogens with one attached hydrogen (secondary N) is 1. The van der Waals surface area contributed by atoms with E-state index in [-0.39, 0.29) is 11.9 Å². The molecule has 0 radical (unpaired) electrons. The lowest BCUT2D eigenvalue weighted by molar-refractivity contribution is 0.287. The molecule has 0 amide bonds. The SMILES string of the molecule is CN(C)C(CNC1CC1)c1cccc(F)c1. The van der Waals surface area contributed by atoms with Crippen LogP contribution in [0.25, 0.3) is 0 Å². The molecule has 1 aliphatic rings. The van der Waals surface area contributed by atoms with Gasteiger partial charge in [-0.1, -0.05) is 12.1 Å². The highest BCUT2D eigenvalue weighted by molar-refractivity contribution is 5.20. The first-order valence-corrected chi connectivity index (χ1v) is 5.82. The van der Waals surface area contributed by atoms with E-state index in [2.05, 4.69) is 10.2 Å². The molecule has 0 spiro atoms. The van der Waals surface area contributed by atoms with Gasteiger partial charge in [0.15, 0.2) is 0 Å². The topological polar surface area (TPSA) is 15.3 Å². The average molecular weight is 222 g/mol. The van der Waals surface area contributed by atoms with Crippen molar-refractivity contribution in [2.24, 2.45) is 0 Å². The Morgan fingerprint density at radius 3 is 2.75 bits per heavy atom. The predicted octanol–water partition coefficient (Wildman–Crippen LogP) is 2.18. The Morgan fingerprint density at radius 2 is 2.19 bits per heavy atom. The predicted molar refractivity (Wildman–Crippen MR) is 63.9 cm³/mol. The standard InChI is InChI=1S/C13H19FN2/c1-16(2)13(9-15-12-6-7-12)10-4-3-5-11(14)8-10/h3-5,8,12-13,15H,6-7,9H2,1-2H3. The van der Waals surface area contributed by atoms with E-state index in [1.54, 1.807) is 12.1 Å². The van der Waals surface area contributed by atoms with Crippen molar-refractivity contribution in [3.05, 3.63) is 35.6 Å². The molecule has 1 aromatic rings. The van der Waals surface area contributed by atoms with Gasteiger partial charge in [-0.25, -0.2) is 4.39 Å². The fraction of sp³-hybridized carbons (Fsp3) is 0.538. The van der Waals surface area contributed by atoms with Crippen molar-refractivity contribution in [2.45, 2.75) is 24.9 Å². The molecule has 0 aliphatic heterocycles. The molecule has 3 heteroatoms. The van der Waals surface area contributed by atoms with Crippen LogP contribution in [0.4, 0.5) is 4.39 Å². The molecule has 1 saturated carbocycles. The van der Waals surface area contributed by atoms with Gasteiger partial charge in [0, 0.05) is 18.6 Å². The number of benzene rings is 1. The fourth-order valence-electron chi connectivity index (χ4n) is 1.88. The maximum atomic E-state index is 13.2. The molecular weight excluding hydrogens is 203 g/mol. The summed E-state index contributed by atoms with van der Waals surface area (Å²) < 4.78 is 13.2. The molecule has 0 bridgehead atoms. The fourth-order valence-corrected chi connectivity index (χ4v) is 1.88. The van der Waals surface area contributed by atoms with E-state index in [4.69, 9.17) is 0 Å². The number of halogens is 1. The second-order valence-corrected chi connectivity index (χ2v) is 4.72. The van der Waals surface area contributed by atoms with Gasteiger partial charge in [-0.2, -0.15) is 0 Å². The third kappa shape index (κ3) is 3.03. The van der Waals surface area contributed by atoms with Crippen LogP contribution in [-0.4, -0.2) is 31.6 Å². The van der Waals surface area contributed by atoms with E-state index in [1.165, 1.54) is 18.9 Å². The van der Waals surface area contributed by atoms with Gasteiger partial charge in [0.25, 0.3) is 0 Å². The van der Waals surface area contributed by atoms with Crippen LogP contribution in [0.1, 0.15) is 24.4 Å². The zero-order valence-corrected chi connectivity index (χ0v) is 9.91. The summed E-state index contributed by atoms with van der Waals surface area (Å²) in [5, 5.41) is 3.49. The normalized spacial score (nSPS) is 17.8. The molecule has 0 saturated heterocycles. The van der Waals surface area contributed by atoms with Gasteiger partial charge in [0.2, 0.25) is 0 Å². The lowest BCUT2D eigenvalue weighted by atomic mass is 10.1. The van der Waals surface area contributed by atoms with Crippen molar-refractivity contribution < 1.29 is 4.39 Å². The van der Waals surface area contributed by atoms with Gasteiger partial charge < -0.3 is 10.2 Å². The smallest absolute Gasteiger partial charge is 0.123 e. The molecule has 1 aliphatic carbocycles. The maximum absolute atomic E-state index is 13.2. The molecule has 1 aromatic carbocycles. The van der Waals surface area contributed by atoms with Crippen LogP contribution < -0.4 is 5.32 Å². The highest BCUT2D eigenvalue weighted by Gasteiger charge is 2.23. The third-order valence-electron chi connectivity index (χ3n) is 3.03. The van der Waals surface area contributed by atoms with Crippen molar-refractivity contribution in [1.82, 2.24) is 10.2 Å². The van der Waals surface area contributed by atoms with Crippen LogP contribution in [0.15, 0.2) is 24.3 Å². The molecule has 0 aromatic heterocycles. The molecule has 88 valence electrons. The lowest BCUT2D eigenvalue weighted by Crippen LogP contribution is -2.32. The van der Waals surface area contributed by atoms with Crippen molar-refractivity contribution in [2.75, 3.05) is 20.6 Å². The van der Waals surface area contributed by atoms with Crippen molar-refractivity contribution in [3.8, 4) is 0 Å². The van der Waals surface area contributed by atoms with Crippen molar-refractivity contribution in [1.29, 1.82) is 0 Å². The minimum absolute atomic E-state index is 0.157. The van der Waals surface area contributed by atoms with Gasteiger partial charge in [-0.05, 0) is 44.6 Å². The van der Waals surface area contributed by atoms with Gasteiger partial charge >= 0.3 is 0 Å². The second-order valence-electron chi connectivity index (χ2n) is 4.72. The van der Waals surface area contributed by atoms with Crippen LogP contribution in [0, 0.1) is 5.82 Å². The Labute approximate surface area is 96.5 Å². The second kappa shape index (κ2) is 4.93. The highest BCUT2D eigenvalue weighted by atomic mass is 19.1. The van der Waals surface area contributed by atoms with Crippen molar-refractivity contribution in [3.63, 3.8) is 0 Å². The van der Waals surface area contributed by atoms with E-state index in [0.29, 0.717) is 6.04 Å². The summed E-state index contributed by atoms with van der Waals surface area (Å²) in [6.07, 6.45) is 2.56. The quantitative estimate of drug-likeness (QED) is 0.821. The number of hydrogen-bond donors (Lipinski definition) is 1. The first-order chi connectivity index (χ1) is 7.66. The number of rotatable bonds is 5. The molecule has 1 unspecified atom stereocenters. The summed E-state index contributed by atoms with van der Waals surface area (Å²) in [6, 6.07) is 7.82. The van der Waals surface area contributed by atoms with Gasteiger partial charge in [-0.15, -0.1) is 0 Å². The van der Waals surface area contributed by atoms with Crippen LogP contribution in [0.3, 0.4) is 0 Å². The highest BCUT2D eigenvalue weighted by Crippen LogP contribution is 2.22. The van der Waals surface area contributed by atoms with Gasteiger partial charge in [0.1, 0.15) is 5.82 Å². The van der Waals surface area contributed by atoms with Crippen LogP contribution in [0.5, 0.6) is 0 Å². The summed E-state index contributed by atoms with van der Waals surface area (Å²) in [4.78, 5) is 2.13. The van der Waals surface area contributed by atoms with Crippen LogP contribution in [-0.2, 0) is 0 Å². The molecule has 2 nitrogen and oxygen atoms in total. The number of nitrogens with zero attached hydrogens (tertiary/aromatic N) is 1. The minimum Gasteiger partial charge on any atom is -0.312 e. The molecular formula is C13H19FN2. The zero-order chi connectivity index (χ0) is 11.5. The van der Waals surface area contributed by atoms with E-state index < -0.39 is 0 Å². The van der Waals surface area contributed by atoms with E-state index >= 15 is 0 Å². The first kappa shape index (κ1) is 11.6.